The van der Waals surface area contributed by atoms with Gasteiger partial charge in [0.15, 0.2) is 5.65 Å². The number of carbonyl (C=O) groups is 1. The maximum atomic E-state index is 13.1. The number of methoxy groups -OCH3 is 1. The van der Waals surface area contributed by atoms with Gasteiger partial charge in [-0.2, -0.15) is 5.10 Å². The third-order valence-electron chi connectivity index (χ3n) is 4.96. The fraction of sp³-hybridized carbons (Fsp3) is 0.208. The molecule has 7 nitrogen and oxygen atoms in total. The van der Waals surface area contributed by atoms with E-state index in [4.69, 9.17) is 9.72 Å². The van der Waals surface area contributed by atoms with Crippen LogP contribution in [-0.4, -0.2) is 59.7 Å². The zero-order valence-corrected chi connectivity index (χ0v) is 17.9. The average Bonchev–Trinajstić information content (AvgIpc) is 3.23. The molecule has 0 aliphatic carbocycles. The van der Waals surface area contributed by atoms with Gasteiger partial charge in [-0.3, -0.25) is 4.79 Å². The number of carbonyl (C=O) groups excluding carboxylic acids is 1. The maximum absolute atomic E-state index is 13.1. The Morgan fingerprint density at radius 1 is 1.03 bits per heavy atom. The molecule has 4 rings (SSSR count). The second-order valence-corrected chi connectivity index (χ2v) is 7.45. The largest absolute Gasteiger partial charge is 0.496 e. The topological polar surface area (TPSA) is 71.8 Å². The summed E-state index contributed by atoms with van der Waals surface area (Å²) in [7, 11) is 5.56. The van der Waals surface area contributed by atoms with Crippen molar-refractivity contribution in [1.82, 2.24) is 24.8 Å². The molecule has 4 aromatic rings. The van der Waals surface area contributed by atoms with Gasteiger partial charge in [0, 0.05) is 30.3 Å². The molecule has 0 spiro atoms. The first kappa shape index (κ1) is 20.6. The van der Waals surface area contributed by atoms with Gasteiger partial charge in [0.2, 0.25) is 0 Å². The van der Waals surface area contributed by atoms with Gasteiger partial charge in [-0.05, 0) is 32.3 Å². The molecule has 31 heavy (non-hydrogen) atoms. The Balaban J connectivity index is 1.83. The first-order valence-corrected chi connectivity index (χ1v) is 10.1. The van der Waals surface area contributed by atoms with Crippen LogP contribution in [0.25, 0.3) is 28.2 Å². The van der Waals surface area contributed by atoms with Crippen molar-refractivity contribution in [1.29, 1.82) is 0 Å². The molecule has 1 N–H and O–H groups in total. The Bertz CT molecular complexity index is 1200. The average molecular weight is 415 g/mol. The van der Waals surface area contributed by atoms with E-state index in [0.717, 1.165) is 23.4 Å². The predicted molar refractivity (Wildman–Crippen MR) is 121 cm³/mol. The molecule has 2 aromatic heterocycles. The summed E-state index contributed by atoms with van der Waals surface area (Å²) in [5, 5.41) is 7.65. The standard InChI is InChI=1S/C24H25N5O2/c1-28(2)14-13-25-24(30)21-15-20(18-11-7-8-12-22(18)31-3)26-23-16-19(27-29(21)23)17-9-5-4-6-10-17/h4-12,15-16H,13-14H2,1-3H3,(H,25,30). The maximum Gasteiger partial charge on any atom is 0.270 e. The van der Waals surface area contributed by atoms with E-state index in [0.29, 0.717) is 29.3 Å². The van der Waals surface area contributed by atoms with E-state index < -0.39 is 0 Å². The zero-order valence-electron chi connectivity index (χ0n) is 17.9. The molecule has 2 aromatic carbocycles. The third-order valence-corrected chi connectivity index (χ3v) is 4.96. The van der Waals surface area contributed by atoms with Crippen LogP contribution in [0.1, 0.15) is 10.5 Å². The highest BCUT2D eigenvalue weighted by atomic mass is 16.5. The van der Waals surface area contributed by atoms with Gasteiger partial charge in [-0.25, -0.2) is 9.50 Å². The van der Waals surface area contributed by atoms with Crippen molar-refractivity contribution in [2.45, 2.75) is 0 Å². The number of hydrogen-bond donors (Lipinski definition) is 1. The SMILES string of the molecule is COc1ccccc1-c1cc(C(=O)NCCN(C)C)n2nc(-c3ccccc3)cc2n1. The number of benzene rings is 2. The fourth-order valence-corrected chi connectivity index (χ4v) is 3.36. The van der Waals surface area contributed by atoms with E-state index in [9.17, 15) is 4.79 Å². The molecule has 0 bridgehead atoms. The Labute approximate surface area is 181 Å². The third kappa shape index (κ3) is 4.41. The Morgan fingerprint density at radius 3 is 2.52 bits per heavy atom. The number of para-hydroxylation sites is 1. The number of ether oxygens (including phenoxy) is 1. The Kier molecular flexibility index (Phi) is 5.95. The second-order valence-electron chi connectivity index (χ2n) is 7.45. The quantitative estimate of drug-likeness (QED) is 0.501. The number of rotatable bonds is 7. The van der Waals surface area contributed by atoms with Gasteiger partial charge in [-0.1, -0.05) is 42.5 Å². The van der Waals surface area contributed by atoms with Crippen LogP contribution in [0.3, 0.4) is 0 Å². The Hall–Kier alpha value is -3.71. The summed E-state index contributed by atoms with van der Waals surface area (Å²) in [5.74, 6) is 0.495. The number of likely N-dealkylation sites (N-methyl/N-ethyl adjacent to an activating group) is 1. The molecule has 7 heteroatoms. The van der Waals surface area contributed by atoms with Crippen LogP contribution in [0.2, 0.25) is 0 Å². The molecule has 0 saturated heterocycles. The smallest absolute Gasteiger partial charge is 0.270 e. The van der Waals surface area contributed by atoms with Crippen molar-refractivity contribution in [2.24, 2.45) is 0 Å². The summed E-state index contributed by atoms with van der Waals surface area (Å²) >= 11 is 0. The van der Waals surface area contributed by atoms with Crippen LogP contribution in [0.4, 0.5) is 0 Å². The van der Waals surface area contributed by atoms with Crippen LogP contribution >= 0.6 is 0 Å². The number of nitrogens with one attached hydrogen (secondary N) is 1. The summed E-state index contributed by atoms with van der Waals surface area (Å²) in [5.41, 5.74) is 4.21. The normalized spacial score (nSPS) is 11.1. The van der Waals surface area contributed by atoms with E-state index in [-0.39, 0.29) is 5.91 Å². The molecule has 0 fully saturated rings. The van der Waals surface area contributed by atoms with Gasteiger partial charge in [-0.15, -0.1) is 0 Å². The van der Waals surface area contributed by atoms with Crippen molar-refractivity contribution in [2.75, 3.05) is 34.3 Å². The molecule has 0 unspecified atom stereocenters. The number of amides is 1. The van der Waals surface area contributed by atoms with Crippen molar-refractivity contribution in [3.05, 3.63) is 72.4 Å². The lowest BCUT2D eigenvalue weighted by atomic mass is 10.1. The minimum atomic E-state index is -0.201. The summed E-state index contributed by atoms with van der Waals surface area (Å²) in [4.78, 5) is 19.9. The number of hydrogen-bond acceptors (Lipinski definition) is 5. The van der Waals surface area contributed by atoms with Crippen molar-refractivity contribution >= 4 is 11.6 Å². The van der Waals surface area contributed by atoms with Crippen LogP contribution < -0.4 is 10.1 Å². The molecule has 0 saturated carbocycles. The molecular weight excluding hydrogens is 390 g/mol. The van der Waals surface area contributed by atoms with Gasteiger partial charge in [0.1, 0.15) is 11.4 Å². The highest BCUT2D eigenvalue weighted by molar-refractivity contribution is 5.94. The first-order chi connectivity index (χ1) is 15.1. The van der Waals surface area contributed by atoms with Gasteiger partial charge in [0.05, 0.1) is 18.5 Å². The molecular formula is C24H25N5O2. The highest BCUT2D eigenvalue weighted by Gasteiger charge is 2.18. The molecule has 0 aliphatic heterocycles. The van der Waals surface area contributed by atoms with Gasteiger partial charge >= 0.3 is 0 Å². The van der Waals surface area contributed by atoms with Crippen LogP contribution in [0.5, 0.6) is 5.75 Å². The van der Waals surface area contributed by atoms with Crippen LogP contribution in [0.15, 0.2) is 66.7 Å². The van der Waals surface area contributed by atoms with Crippen molar-refractivity contribution in [3.63, 3.8) is 0 Å². The molecule has 0 aliphatic rings. The van der Waals surface area contributed by atoms with Gasteiger partial charge < -0.3 is 15.0 Å². The van der Waals surface area contributed by atoms with Crippen molar-refractivity contribution in [3.8, 4) is 28.3 Å². The lowest BCUT2D eigenvalue weighted by Crippen LogP contribution is -2.32. The molecule has 2 heterocycles. The summed E-state index contributed by atoms with van der Waals surface area (Å²) < 4.78 is 7.11. The number of fused-ring (bicyclic) bond motifs is 1. The summed E-state index contributed by atoms with van der Waals surface area (Å²) in [6.45, 7) is 1.28. The minimum Gasteiger partial charge on any atom is -0.496 e. The van der Waals surface area contributed by atoms with Crippen LogP contribution in [-0.2, 0) is 0 Å². The molecule has 1 amide bonds. The molecule has 0 atom stereocenters. The molecule has 158 valence electrons. The lowest BCUT2D eigenvalue weighted by molar-refractivity contribution is 0.0943. The van der Waals surface area contributed by atoms with Gasteiger partial charge in [0.25, 0.3) is 5.91 Å². The summed E-state index contributed by atoms with van der Waals surface area (Å²) in [6.07, 6.45) is 0. The summed E-state index contributed by atoms with van der Waals surface area (Å²) in [6, 6.07) is 21.1. The van der Waals surface area contributed by atoms with Crippen LogP contribution in [0, 0.1) is 0 Å². The van der Waals surface area contributed by atoms with Crippen molar-refractivity contribution < 1.29 is 9.53 Å². The van der Waals surface area contributed by atoms with E-state index in [1.165, 1.54) is 0 Å². The van der Waals surface area contributed by atoms with E-state index in [1.54, 1.807) is 17.7 Å². The fourth-order valence-electron chi connectivity index (χ4n) is 3.36. The lowest BCUT2D eigenvalue weighted by Gasteiger charge is -2.13. The monoisotopic (exact) mass is 415 g/mol. The first-order valence-electron chi connectivity index (χ1n) is 10.1. The highest BCUT2D eigenvalue weighted by Crippen LogP contribution is 2.30. The van der Waals surface area contributed by atoms with E-state index in [2.05, 4.69) is 10.4 Å². The second kappa shape index (κ2) is 8.97. The number of nitrogens with zero attached hydrogens (tertiary/aromatic N) is 4. The number of aromatic nitrogens is 3. The van der Waals surface area contributed by atoms with E-state index >= 15 is 0 Å². The minimum absolute atomic E-state index is 0.201. The Morgan fingerprint density at radius 2 is 1.77 bits per heavy atom. The zero-order chi connectivity index (χ0) is 21.8. The predicted octanol–water partition coefficient (Wildman–Crippen LogP) is 3.36. The van der Waals surface area contributed by atoms with E-state index in [1.807, 2.05) is 79.7 Å². The molecule has 0 radical (unpaired) electrons.